The topological polar surface area (TPSA) is 42.4 Å². The minimum absolute atomic E-state index is 0.0665. The molecule has 0 spiro atoms. The molecule has 0 saturated carbocycles. The summed E-state index contributed by atoms with van der Waals surface area (Å²) in [7, 11) is 0. The number of halogens is 2. The highest BCUT2D eigenvalue weighted by molar-refractivity contribution is 7.09. The average Bonchev–Trinajstić information content (AvgIpc) is 3.22. The van der Waals surface area contributed by atoms with Crippen LogP contribution in [0.15, 0.2) is 29.6 Å². The molecule has 0 aliphatic carbocycles. The summed E-state index contributed by atoms with van der Waals surface area (Å²) in [5.41, 5.74) is 0.189. The molecule has 0 radical (unpaired) electrons. The van der Waals surface area contributed by atoms with Gasteiger partial charge >= 0.3 is 0 Å². The van der Waals surface area contributed by atoms with Gasteiger partial charge in [-0.1, -0.05) is 29.3 Å². The Morgan fingerprint density at radius 3 is 2.96 bits per heavy atom. The maximum atomic E-state index is 12.9. The molecule has 1 aliphatic heterocycles. The Hall–Kier alpha value is -1.14. The fourth-order valence-electron chi connectivity index (χ4n) is 2.56. The maximum Gasteiger partial charge on any atom is 0.274 e. The zero-order valence-electron chi connectivity index (χ0n) is 12.4. The van der Waals surface area contributed by atoms with Crippen molar-refractivity contribution in [2.75, 3.05) is 13.2 Å². The van der Waals surface area contributed by atoms with Crippen LogP contribution in [0.2, 0.25) is 10.2 Å². The van der Waals surface area contributed by atoms with Gasteiger partial charge in [-0.3, -0.25) is 4.79 Å². The standard InChI is InChI=1S/C16H16Cl2N2O2S/c17-13-5-6-14(18)19-15(13)16(21)20(9-11-3-1-7-22-11)10-12-4-2-8-23-12/h2,4-6,8,11H,1,3,7,9-10H2. The van der Waals surface area contributed by atoms with Gasteiger partial charge in [0.25, 0.3) is 5.91 Å². The number of thiophene rings is 1. The van der Waals surface area contributed by atoms with Crippen LogP contribution in [0, 0.1) is 0 Å². The third kappa shape index (κ3) is 4.23. The minimum atomic E-state index is -0.221. The number of nitrogens with zero attached hydrogens (tertiary/aromatic N) is 2. The average molecular weight is 371 g/mol. The van der Waals surface area contributed by atoms with Crippen molar-refractivity contribution in [1.29, 1.82) is 0 Å². The van der Waals surface area contributed by atoms with E-state index in [9.17, 15) is 4.79 Å². The van der Waals surface area contributed by atoms with Gasteiger partial charge < -0.3 is 9.64 Å². The Kier molecular flexibility index (Phi) is 5.54. The first-order valence-electron chi connectivity index (χ1n) is 7.39. The van der Waals surface area contributed by atoms with Crippen LogP contribution in [0.4, 0.5) is 0 Å². The monoisotopic (exact) mass is 370 g/mol. The van der Waals surface area contributed by atoms with E-state index < -0.39 is 0 Å². The zero-order chi connectivity index (χ0) is 16.2. The molecule has 0 N–H and O–H groups in total. The van der Waals surface area contributed by atoms with Crippen LogP contribution in [0.3, 0.4) is 0 Å². The molecule has 3 heterocycles. The van der Waals surface area contributed by atoms with Gasteiger partial charge in [0.15, 0.2) is 0 Å². The van der Waals surface area contributed by atoms with E-state index in [-0.39, 0.29) is 22.9 Å². The SMILES string of the molecule is O=C(c1nc(Cl)ccc1Cl)N(Cc1cccs1)CC1CCCO1. The third-order valence-electron chi connectivity index (χ3n) is 3.68. The Balaban J connectivity index is 1.83. The summed E-state index contributed by atoms with van der Waals surface area (Å²) in [6.07, 6.45) is 2.06. The highest BCUT2D eigenvalue weighted by atomic mass is 35.5. The molecule has 23 heavy (non-hydrogen) atoms. The van der Waals surface area contributed by atoms with Crippen LogP contribution in [0.1, 0.15) is 28.2 Å². The van der Waals surface area contributed by atoms with Crippen LogP contribution in [0.25, 0.3) is 0 Å². The van der Waals surface area contributed by atoms with Gasteiger partial charge in [0, 0.05) is 18.0 Å². The minimum Gasteiger partial charge on any atom is -0.376 e. The van der Waals surface area contributed by atoms with Crippen molar-refractivity contribution in [2.45, 2.75) is 25.5 Å². The van der Waals surface area contributed by atoms with E-state index in [2.05, 4.69) is 4.98 Å². The Labute approximate surface area is 149 Å². The molecule has 0 bridgehead atoms. The Morgan fingerprint density at radius 2 is 2.26 bits per heavy atom. The van der Waals surface area contributed by atoms with Crippen molar-refractivity contribution >= 4 is 40.4 Å². The summed E-state index contributed by atoms with van der Waals surface area (Å²) in [5, 5.41) is 2.56. The smallest absolute Gasteiger partial charge is 0.274 e. The fourth-order valence-corrected chi connectivity index (χ4v) is 3.62. The van der Waals surface area contributed by atoms with E-state index in [0.29, 0.717) is 18.1 Å². The van der Waals surface area contributed by atoms with Gasteiger partial charge in [0.05, 0.1) is 17.7 Å². The lowest BCUT2D eigenvalue weighted by molar-refractivity contribution is 0.0505. The molecule has 1 unspecified atom stereocenters. The summed E-state index contributed by atoms with van der Waals surface area (Å²) in [6, 6.07) is 7.15. The second kappa shape index (κ2) is 7.62. The molecule has 122 valence electrons. The van der Waals surface area contributed by atoms with Gasteiger partial charge in [-0.05, 0) is 36.4 Å². The van der Waals surface area contributed by atoms with Crippen molar-refractivity contribution in [3.8, 4) is 0 Å². The van der Waals surface area contributed by atoms with Gasteiger partial charge in [-0.2, -0.15) is 0 Å². The molecule has 1 fully saturated rings. The number of carbonyl (C=O) groups is 1. The Bertz CT molecular complexity index is 673. The number of hydrogen-bond donors (Lipinski definition) is 0. The maximum absolute atomic E-state index is 12.9. The largest absolute Gasteiger partial charge is 0.376 e. The van der Waals surface area contributed by atoms with Crippen LogP contribution in [-0.2, 0) is 11.3 Å². The normalized spacial score (nSPS) is 17.4. The van der Waals surface area contributed by atoms with Crippen molar-refractivity contribution in [3.63, 3.8) is 0 Å². The summed E-state index contributed by atoms with van der Waals surface area (Å²) in [6.45, 7) is 1.80. The molecular weight excluding hydrogens is 355 g/mol. The first kappa shape index (κ1) is 16.7. The van der Waals surface area contributed by atoms with Crippen LogP contribution >= 0.6 is 34.5 Å². The number of pyridine rings is 1. The summed E-state index contributed by atoms with van der Waals surface area (Å²) in [5.74, 6) is -0.221. The van der Waals surface area contributed by atoms with Crippen molar-refractivity contribution in [2.24, 2.45) is 0 Å². The molecule has 1 saturated heterocycles. The molecule has 4 nitrogen and oxygen atoms in total. The van der Waals surface area contributed by atoms with E-state index in [1.165, 1.54) is 0 Å². The second-order valence-corrected chi connectivity index (χ2v) is 7.19. The molecular formula is C16H16Cl2N2O2S. The van der Waals surface area contributed by atoms with Gasteiger partial charge in [-0.15, -0.1) is 11.3 Å². The van der Waals surface area contributed by atoms with Gasteiger partial charge in [-0.25, -0.2) is 4.98 Å². The number of carbonyl (C=O) groups excluding carboxylic acids is 1. The summed E-state index contributed by atoms with van der Waals surface area (Å²) in [4.78, 5) is 19.9. The number of aromatic nitrogens is 1. The number of rotatable bonds is 5. The zero-order valence-corrected chi connectivity index (χ0v) is 14.7. The molecule has 3 rings (SSSR count). The highest BCUT2D eigenvalue weighted by Crippen LogP contribution is 2.22. The van der Waals surface area contributed by atoms with E-state index in [1.807, 2.05) is 17.5 Å². The third-order valence-corrected chi connectivity index (χ3v) is 5.05. The van der Waals surface area contributed by atoms with Crippen molar-refractivity contribution in [3.05, 3.63) is 50.4 Å². The van der Waals surface area contributed by atoms with Crippen LogP contribution < -0.4 is 0 Å². The predicted octanol–water partition coefficient (Wildman–Crippen LogP) is 4.27. The second-order valence-electron chi connectivity index (χ2n) is 5.36. The fraction of sp³-hybridized carbons (Fsp3) is 0.375. The molecule has 7 heteroatoms. The number of amides is 1. The Morgan fingerprint density at radius 1 is 1.39 bits per heavy atom. The summed E-state index contributed by atoms with van der Waals surface area (Å²) >= 11 is 13.7. The number of hydrogen-bond acceptors (Lipinski definition) is 4. The lowest BCUT2D eigenvalue weighted by Gasteiger charge is -2.25. The van der Waals surface area contributed by atoms with E-state index in [1.54, 1.807) is 28.4 Å². The van der Waals surface area contributed by atoms with Gasteiger partial charge in [0.1, 0.15) is 10.8 Å². The lowest BCUT2D eigenvalue weighted by Crippen LogP contribution is -2.37. The first-order chi connectivity index (χ1) is 11.1. The van der Waals surface area contributed by atoms with Crippen molar-refractivity contribution < 1.29 is 9.53 Å². The molecule has 2 aromatic rings. The molecule has 1 aliphatic rings. The van der Waals surface area contributed by atoms with Crippen molar-refractivity contribution in [1.82, 2.24) is 9.88 Å². The molecule has 0 aromatic carbocycles. The van der Waals surface area contributed by atoms with Crippen LogP contribution in [-0.4, -0.2) is 35.0 Å². The van der Waals surface area contributed by atoms with E-state index in [4.69, 9.17) is 27.9 Å². The van der Waals surface area contributed by atoms with E-state index in [0.717, 1.165) is 24.3 Å². The van der Waals surface area contributed by atoms with Gasteiger partial charge in [0.2, 0.25) is 0 Å². The summed E-state index contributed by atoms with van der Waals surface area (Å²) < 4.78 is 5.67. The molecule has 1 atom stereocenters. The predicted molar refractivity (Wildman–Crippen MR) is 92.3 cm³/mol. The van der Waals surface area contributed by atoms with E-state index >= 15 is 0 Å². The first-order valence-corrected chi connectivity index (χ1v) is 9.02. The molecule has 2 aromatic heterocycles. The van der Waals surface area contributed by atoms with Crippen LogP contribution in [0.5, 0.6) is 0 Å². The number of ether oxygens (including phenoxy) is 1. The lowest BCUT2D eigenvalue weighted by atomic mass is 10.2. The molecule has 1 amide bonds. The highest BCUT2D eigenvalue weighted by Gasteiger charge is 2.26. The quantitative estimate of drug-likeness (QED) is 0.737.